The van der Waals surface area contributed by atoms with Crippen molar-refractivity contribution in [1.29, 1.82) is 0 Å². The van der Waals surface area contributed by atoms with Crippen molar-refractivity contribution in [3.05, 3.63) is 127 Å². The van der Waals surface area contributed by atoms with Crippen LogP contribution < -0.4 is 10.2 Å². The number of allylic oxidation sites excluding steroid dienone is 7. The van der Waals surface area contributed by atoms with Crippen LogP contribution in [-0.2, 0) is 0 Å². The van der Waals surface area contributed by atoms with Gasteiger partial charge in [0.05, 0.1) is 16.9 Å². The molecule has 1 N–H and O–H groups in total. The van der Waals surface area contributed by atoms with Crippen molar-refractivity contribution >= 4 is 51.5 Å². The quantitative estimate of drug-likeness (QED) is 0.198. The van der Waals surface area contributed by atoms with Crippen molar-refractivity contribution in [2.75, 3.05) is 10.2 Å². The lowest BCUT2D eigenvalue weighted by molar-refractivity contribution is 0.828. The highest BCUT2D eigenvalue weighted by Gasteiger charge is 2.23. The van der Waals surface area contributed by atoms with Crippen LogP contribution in [0.5, 0.6) is 0 Å². The molecule has 2 bridgehead atoms. The Labute approximate surface area is 251 Å². The summed E-state index contributed by atoms with van der Waals surface area (Å²) >= 11 is 0. The van der Waals surface area contributed by atoms with E-state index in [9.17, 15) is 0 Å². The minimum absolute atomic E-state index is 0.395. The van der Waals surface area contributed by atoms with Gasteiger partial charge in [0, 0.05) is 45.0 Å². The van der Waals surface area contributed by atoms with Gasteiger partial charge in [-0.15, -0.1) is 0 Å². The van der Waals surface area contributed by atoms with Gasteiger partial charge in [-0.3, -0.25) is 0 Å². The number of hydrogen-bond donors (Lipinski definition) is 1. The lowest BCUT2D eigenvalue weighted by Gasteiger charge is -2.32. The molecular formula is C39H41N3. The molecule has 42 heavy (non-hydrogen) atoms. The third-order valence-corrected chi connectivity index (χ3v) is 7.56. The fourth-order valence-corrected chi connectivity index (χ4v) is 5.79. The zero-order chi connectivity index (χ0) is 29.8. The molecule has 3 nitrogen and oxygen atoms in total. The molecule has 4 aromatic rings. The molecule has 0 saturated heterocycles. The van der Waals surface area contributed by atoms with Crippen molar-refractivity contribution in [3.63, 3.8) is 0 Å². The van der Waals surface area contributed by atoms with Crippen LogP contribution in [0, 0.1) is 5.92 Å². The number of anilines is 4. The van der Waals surface area contributed by atoms with Gasteiger partial charge in [0.2, 0.25) is 0 Å². The van der Waals surface area contributed by atoms with Gasteiger partial charge >= 0.3 is 0 Å². The Morgan fingerprint density at radius 3 is 2.43 bits per heavy atom. The Kier molecular flexibility index (Phi) is 8.49. The largest absolute Gasteiger partial charge is 0.355 e. The Morgan fingerprint density at radius 2 is 1.74 bits per heavy atom. The summed E-state index contributed by atoms with van der Waals surface area (Å²) in [4.78, 5) is 2.34. The smallest absolute Gasteiger partial charge is 0.0542 e. The number of nitrogens with one attached hydrogen (secondary N) is 1. The number of rotatable bonds is 10. The average Bonchev–Trinajstić information content (AvgIpc) is 3.30. The standard InChI is InChI=1S/C39H41N3/c1-8-13-17-31(10-3)41-33-18-14-16-28(24-33)35-25-29(19-21-38(35)41)40-30-20-22-39-36(26-30)34(15-9-2)37(12-5)42(39)32(11-4)23-27(6)7/h9-27,40H,4-5,8H2,1-3,6-7H3/b15-9-,17-13-,31-10+,32-23+. The Hall–Kier alpha value is -4.76. The normalized spacial score (nSPS) is 13.4. The first-order valence-electron chi connectivity index (χ1n) is 14.9. The topological polar surface area (TPSA) is 20.2 Å². The van der Waals surface area contributed by atoms with Crippen molar-refractivity contribution in [1.82, 2.24) is 4.57 Å². The third kappa shape index (κ3) is 5.31. The highest BCUT2D eigenvalue weighted by Crippen LogP contribution is 2.45. The first kappa shape index (κ1) is 28.8. The molecule has 3 aromatic carbocycles. The van der Waals surface area contributed by atoms with E-state index in [-0.39, 0.29) is 0 Å². The maximum atomic E-state index is 4.16. The summed E-state index contributed by atoms with van der Waals surface area (Å²) in [5.41, 5.74) is 12.5. The van der Waals surface area contributed by atoms with Gasteiger partial charge in [0.1, 0.15) is 0 Å². The highest BCUT2D eigenvalue weighted by atomic mass is 15.2. The van der Waals surface area contributed by atoms with Gasteiger partial charge in [-0.2, -0.15) is 0 Å². The molecule has 0 unspecified atom stereocenters. The van der Waals surface area contributed by atoms with E-state index in [1.54, 1.807) is 0 Å². The van der Waals surface area contributed by atoms with Crippen molar-refractivity contribution < 1.29 is 0 Å². The average molecular weight is 552 g/mol. The first-order chi connectivity index (χ1) is 20.4. The van der Waals surface area contributed by atoms with Crippen LogP contribution in [0.1, 0.15) is 52.3 Å². The summed E-state index contributed by atoms with van der Waals surface area (Å²) < 4.78 is 2.26. The van der Waals surface area contributed by atoms with E-state index < -0.39 is 0 Å². The molecule has 2 heterocycles. The fraction of sp³-hybridized carbons (Fsp3) is 0.179. The van der Waals surface area contributed by atoms with Crippen LogP contribution in [0.25, 0.3) is 39.9 Å². The van der Waals surface area contributed by atoms with Crippen LogP contribution in [0.2, 0.25) is 0 Å². The first-order valence-corrected chi connectivity index (χ1v) is 14.9. The number of aromatic nitrogens is 1. The molecule has 0 spiro atoms. The highest BCUT2D eigenvalue weighted by molar-refractivity contribution is 5.99. The molecular weight excluding hydrogens is 510 g/mol. The van der Waals surface area contributed by atoms with Gasteiger partial charge in [-0.05, 0) is 98.5 Å². The minimum Gasteiger partial charge on any atom is -0.355 e. The lowest BCUT2D eigenvalue weighted by atomic mass is 9.96. The second-order valence-electron chi connectivity index (χ2n) is 10.9. The number of nitrogens with zero attached hydrogens (tertiary/aromatic N) is 2. The van der Waals surface area contributed by atoms with Crippen LogP contribution in [0.15, 0.2) is 116 Å². The van der Waals surface area contributed by atoms with Crippen molar-refractivity contribution in [3.8, 4) is 11.1 Å². The summed E-state index contributed by atoms with van der Waals surface area (Å²) in [5.74, 6) is 0.395. The van der Waals surface area contributed by atoms with E-state index >= 15 is 0 Å². The fourth-order valence-electron chi connectivity index (χ4n) is 5.79. The van der Waals surface area contributed by atoms with Gasteiger partial charge in [-0.1, -0.05) is 76.4 Å². The molecule has 0 fully saturated rings. The van der Waals surface area contributed by atoms with E-state index in [0.29, 0.717) is 5.92 Å². The van der Waals surface area contributed by atoms with Crippen LogP contribution in [0.4, 0.5) is 22.7 Å². The maximum Gasteiger partial charge on any atom is 0.0542 e. The Bertz CT molecular complexity index is 1770. The summed E-state index contributed by atoms with van der Waals surface area (Å²) in [6.45, 7) is 19.0. The Balaban J connectivity index is 1.59. The van der Waals surface area contributed by atoms with E-state index in [2.05, 4.69) is 160 Å². The van der Waals surface area contributed by atoms with Gasteiger partial charge in [0.25, 0.3) is 0 Å². The molecule has 0 amide bonds. The monoisotopic (exact) mass is 551 g/mol. The predicted molar refractivity (Wildman–Crippen MR) is 187 cm³/mol. The molecule has 0 aliphatic carbocycles. The Morgan fingerprint density at radius 1 is 0.952 bits per heavy atom. The number of fused-ring (bicyclic) bond motifs is 5. The maximum absolute atomic E-state index is 4.16. The van der Waals surface area contributed by atoms with E-state index in [1.165, 1.54) is 33.6 Å². The summed E-state index contributed by atoms with van der Waals surface area (Å²) in [7, 11) is 0. The predicted octanol–water partition coefficient (Wildman–Crippen LogP) is 11.7. The third-order valence-electron chi connectivity index (χ3n) is 7.56. The zero-order valence-electron chi connectivity index (χ0n) is 25.5. The van der Waals surface area contributed by atoms with Gasteiger partial charge in [0.15, 0.2) is 0 Å². The second-order valence-corrected chi connectivity index (χ2v) is 10.9. The molecule has 1 aliphatic rings. The van der Waals surface area contributed by atoms with Crippen LogP contribution >= 0.6 is 0 Å². The van der Waals surface area contributed by atoms with Gasteiger partial charge < -0.3 is 14.8 Å². The molecule has 5 rings (SSSR count). The molecule has 0 atom stereocenters. The van der Waals surface area contributed by atoms with Gasteiger partial charge in [-0.25, -0.2) is 0 Å². The summed E-state index contributed by atoms with van der Waals surface area (Å²) in [6, 6.07) is 22.0. The SMILES string of the molecule is C=C/C(=C\C(C)C)n1c(C=C)c(/C=C\C)c2cc(Nc3ccc4c(c3)-c3cccc(c3)N4C(/C=C\CC)=C/C)ccc21. The zero-order valence-corrected chi connectivity index (χ0v) is 25.5. The number of benzene rings is 3. The van der Waals surface area contributed by atoms with Crippen LogP contribution in [0.3, 0.4) is 0 Å². The number of hydrogen-bond acceptors (Lipinski definition) is 2. The molecule has 212 valence electrons. The minimum atomic E-state index is 0.395. The van der Waals surface area contributed by atoms with Crippen molar-refractivity contribution in [2.45, 2.75) is 41.0 Å². The van der Waals surface area contributed by atoms with E-state index in [0.717, 1.165) is 40.3 Å². The molecule has 1 aromatic heterocycles. The molecule has 0 saturated carbocycles. The molecule has 1 aliphatic heterocycles. The summed E-state index contributed by atoms with van der Waals surface area (Å²) in [6.07, 6.45) is 18.0. The second kappa shape index (κ2) is 12.4. The summed E-state index contributed by atoms with van der Waals surface area (Å²) in [5, 5.41) is 4.87. The van der Waals surface area contributed by atoms with E-state index in [4.69, 9.17) is 0 Å². The van der Waals surface area contributed by atoms with Crippen LogP contribution in [-0.4, -0.2) is 4.57 Å². The van der Waals surface area contributed by atoms with Crippen molar-refractivity contribution in [2.24, 2.45) is 5.92 Å². The molecule has 3 heteroatoms. The lowest BCUT2D eigenvalue weighted by Crippen LogP contribution is -2.18. The van der Waals surface area contributed by atoms with E-state index in [1.807, 2.05) is 12.2 Å². The molecule has 0 radical (unpaired) electrons.